The standard InChI is InChI=1S/C12H21NO/c1-3-5-6-7-8-9-10-11-13(4-2)12-14/h3,5-9,14H,4,10-12H2,1-2H3/b5-3-,7-6+,9-8+. The van der Waals surface area contributed by atoms with E-state index in [-0.39, 0.29) is 6.73 Å². The van der Waals surface area contributed by atoms with Crippen LogP contribution in [0.15, 0.2) is 36.5 Å². The summed E-state index contributed by atoms with van der Waals surface area (Å²) in [5, 5.41) is 8.88. The summed E-state index contributed by atoms with van der Waals surface area (Å²) in [5.74, 6) is 0. The molecule has 0 atom stereocenters. The van der Waals surface area contributed by atoms with Crippen LogP contribution in [0.4, 0.5) is 0 Å². The lowest BCUT2D eigenvalue weighted by molar-refractivity contribution is 0.114. The van der Waals surface area contributed by atoms with Crippen LogP contribution < -0.4 is 0 Å². The highest BCUT2D eigenvalue weighted by Crippen LogP contribution is 1.91. The molecule has 2 heteroatoms. The lowest BCUT2D eigenvalue weighted by Gasteiger charge is -2.14. The average molecular weight is 195 g/mol. The summed E-state index contributed by atoms with van der Waals surface area (Å²) >= 11 is 0. The number of allylic oxidation sites excluding steroid dienone is 5. The van der Waals surface area contributed by atoms with Gasteiger partial charge in [0.1, 0.15) is 0 Å². The minimum atomic E-state index is 0.152. The predicted octanol–water partition coefficient (Wildman–Crippen LogP) is 2.34. The first kappa shape index (κ1) is 13.1. The minimum absolute atomic E-state index is 0.152. The fraction of sp³-hybridized carbons (Fsp3) is 0.500. The van der Waals surface area contributed by atoms with E-state index in [9.17, 15) is 0 Å². The summed E-state index contributed by atoms with van der Waals surface area (Å²) in [6.07, 6.45) is 13.1. The second kappa shape index (κ2) is 10.2. The number of nitrogens with zero attached hydrogens (tertiary/aromatic N) is 1. The van der Waals surface area contributed by atoms with Crippen LogP contribution in [-0.2, 0) is 0 Å². The van der Waals surface area contributed by atoms with E-state index in [2.05, 4.69) is 6.08 Å². The Labute approximate surface area is 87.2 Å². The van der Waals surface area contributed by atoms with Crippen LogP contribution in [0.2, 0.25) is 0 Å². The molecule has 0 heterocycles. The molecule has 0 saturated heterocycles. The third-order valence-corrected chi connectivity index (χ3v) is 1.92. The fourth-order valence-corrected chi connectivity index (χ4v) is 1.00. The number of aliphatic hydroxyl groups is 1. The van der Waals surface area contributed by atoms with E-state index < -0.39 is 0 Å². The molecule has 1 N–H and O–H groups in total. The Morgan fingerprint density at radius 1 is 1.14 bits per heavy atom. The van der Waals surface area contributed by atoms with Gasteiger partial charge in [-0.3, -0.25) is 4.90 Å². The maximum Gasteiger partial charge on any atom is 0.0956 e. The van der Waals surface area contributed by atoms with Crippen molar-refractivity contribution in [1.82, 2.24) is 4.90 Å². The van der Waals surface area contributed by atoms with Gasteiger partial charge in [0, 0.05) is 6.54 Å². The van der Waals surface area contributed by atoms with Gasteiger partial charge in [0.15, 0.2) is 0 Å². The van der Waals surface area contributed by atoms with Crippen LogP contribution in [0.1, 0.15) is 20.3 Å². The number of aliphatic hydroxyl groups excluding tert-OH is 1. The van der Waals surface area contributed by atoms with Gasteiger partial charge in [0.25, 0.3) is 0 Å². The normalized spacial score (nSPS) is 12.9. The van der Waals surface area contributed by atoms with Gasteiger partial charge < -0.3 is 5.11 Å². The average Bonchev–Trinajstić information content (AvgIpc) is 2.22. The number of hydrogen-bond acceptors (Lipinski definition) is 2. The summed E-state index contributed by atoms with van der Waals surface area (Å²) in [4.78, 5) is 1.99. The Morgan fingerprint density at radius 2 is 1.86 bits per heavy atom. The van der Waals surface area contributed by atoms with Crippen LogP contribution in [0, 0.1) is 0 Å². The van der Waals surface area contributed by atoms with Crippen molar-refractivity contribution in [3.63, 3.8) is 0 Å². The van der Waals surface area contributed by atoms with Crippen molar-refractivity contribution in [1.29, 1.82) is 0 Å². The molecular weight excluding hydrogens is 174 g/mol. The van der Waals surface area contributed by atoms with Crippen molar-refractivity contribution in [2.75, 3.05) is 19.8 Å². The molecule has 0 aliphatic carbocycles. The summed E-state index contributed by atoms with van der Waals surface area (Å²) in [5.41, 5.74) is 0. The topological polar surface area (TPSA) is 23.5 Å². The summed E-state index contributed by atoms with van der Waals surface area (Å²) in [6.45, 7) is 6.01. The molecule has 0 radical (unpaired) electrons. The molecule has 0 aliphatic heterocycles. The van der Waals surface area contributed by atoms with E-state index in [1.165, 1.54) is 0 Å². The highest BCUT2D eigenvalue weighted by Gasteiger charge is 1.95. The Bertz CT molecular complexity index is 190. The van der Waals surface area contributed by atoms with Gasteiger partial charge in [-0.2, -0.15) is 0 Å². The van der Waals surface area contributed by atoms with Crippen LogP contribution >= 0.6 is 0 Å². The van der Waals surface area contributed by atoms with E-state index in [1.807, 2.05) is 49.1 Å². The molecule has 0 aromatic heterocycles. The molecule has 0 spiro atoms. The van der Waals surface area contributed by atoms with E-state index in [0.717, 1.165) is 19.5 Å². The van der Waals surface area contributed by atoms with Crippen molar-refractivity contribution in [3.05, 3.63) is 36.5 Å². The van der Waals surface area contributed by atoms with Crippen molar-refractivity contribution >= 4 is 0 Å². The number of hydrogen-bond donors (Lipinski definition) is 1. The number of rotatable bonds is 7. The Morgan fingerprint density at radius 3 is 2.43 bits per heavy atom. The van der Waals surface area contributed by atoms with Crippen molar-refractivity contribution < 1.29 is 5.11 Å². The molecule has 0 rings (SSSR count). The monoisotopic (exact) mass is 195 g/mol. The zero-order valence-electron chi connectivity index (χ0n) is 9.19. The van der Waals surface area contributed by atoms with Crippen molar-refractivity contribution in [2.45, 2.75) is 20.3 Å². The third-order valence-electron chi connectivity index (χ3n) is 1.92. The van der Waals surface area contributed by atoms with Gasteiger partial charge in [-0.25, -0.2) is 0 Å². The molecule has 0 saturated carbocycles. The minimum Gasteiger partial charge on any atom is -0.381 e. The lowest BCUT2D eigenvalue weighted by atomic mass is 10.3. The van der Waals surface area contributed by atoms with Gasteiger partial charge in [0.05, 0.1) is 6.73 Å². The first-order chi connectivity index (χ1) is 6.85. The predicted molar refractivity (Wildman–Crippen MR) is 62.0 cm³/mol. The van der Waals surface area contributed by atoms with E-state index >= 15 is 0 Å². The highest BCUT2D eigenvalue weighted by molar-refractivity contribution is 5.10. The lowest BCUT2D eigenvalue weighted by Crippen LogP contribution is -2.24. The quantitative estimate of drug-likeness (QED) is 0.498. The van der Waals surface area contributed by atoms with Crippen molar-refractivity contribution in [3.8, 4) is 0 Å². The molecule has 0 aromatic carbocycles. The molecule has 0 bridgehead atoms. The molecular formula is C12H21NO. The molecule has 0 unspecified atom stereocenters. The Balaban J connectivity index is 3.52. The van der Waals surface area contributed by atoms with Gasteiger partial charge in [-0.1, -0.05) is 43.4 Å². The third kappa shape index (κ3) is 7.77. The summed E-state index contributed by atoms with van der Waals surface area (Å²) in [7, 11) is 0. The summed E-state index contributed by atoms with van der Waals surface area (Å²) < 4.78 is 0. The molecule has 0 aliphatic rings. The first-order valence-corrected chi connectivity index (χ1v) is 5.12. The summed E-state index contributed by atoms with van der Waals surface area (Å²) in [6, 6.07) is 0. The molecule has 0 aromatic rings. The SMILES string of the molecule is C\C=C/C=C/C=C/CCN(CC)CO. The van der Waals surface area contributed by atoms with Crippen LogP contribution in [0.25, 0.3) is 0 Å². The first-order valence-electron chi connectivity index (χ1n) is 5.12. The Kier molecular flexibility index (Phi) is 9.59. The maximum absolute atomic E-state index is 8.88. The molecule has 80 valence electrons. The molecule has 0 amide bonds. The Hall–Kier alpha value is -0.860. The van der Waals surface area contributed by atoms with Gasteiger partial charge in [-0.05, 0) is 19.9 Å². The molecule has 2 nitrogen and oxygen atoms in total. The van der Waals surface area contributed by atoms with Crippen LogP contribution in [0.3, 0.4) is 0 Å². The van der Waals surface area contributed by atoms with Crippen LogP contribution in [0.5, 0.6) is 0 Å². The van der Waals surface area contributed by atoms with E-state index in [4.69, 9.17) is 5.11 Å². The maximum atomic E-state index is 8.88. The largest absolute Gasteiger partial charge is 0.381 e. The van der Waals surface area contributed by atoms with Crippen LogP contribution in [-0.4, -0.2) is 29.8 Å². The zero-order chi connectivity index (χ0) is 10.6. The smallest absolute Gasteiger partial charge is 0.0956 e. The molecule has 0 fully saturated rings. The van der Waals surface area contributed by atoms with E-state index in [0.29, 0.717) is 0 Å². The fourth-order valence-electron chi connectivity index (χ4n) is 1.00. The second-order valence-electron chi connectivity index (χ2n) is 2.98. The van der Waals surface area contributed by atoms with E-state index in [1.54, 1.807) is 0 Å². The molecule has 14 heavy (non-hydrogen) atoms. The van der Waals surface area contributed by atoms with Gasteiger partial charge >= 0.3 is 0 Å². The second-order valence-corrected chi connectivity index (χ2v) is 2.98. The van der Waals surface area contributed by atoms with Gasteiger partial charge in [0.2, 0.25) is 0 Å². The van der Waals surface area contributed by atoms with Crippen molar-refractivity contribution in [2.24, 2.45) is 0 Å². The van der Waals surface area contributed by atoms with Gasteiger partial charge in [-0.15, -0.1) is 0 Å². The zero-order valence-corrected chi connectivity index (χ0v) is 9.19. The highest BCUT2D eigenvalue weighted by atomic mass is 16.3.